The van der Waals surface area contributed by atoms with Gasteiger partial charge in [-0.15, -0.1) is 0 Å². The van der Waals surface area contributed by atoms with Crippen LogP contribution in [-0.2, 0) is 58.6 Å². The maximum atomic E-state index is 7.81. The van der Waals surface area contributed by atoms with E-state index < -0.39 is 0 Å². The average molecular weight is 219 g/mol. The molecule has 0 amide bonds. The molecular weight excluding hydrogens is 215 g/mol. The second-order valence-electron chi connectivity index (χ2n) is 0. The summed E-state index contributed by atoms with van der Waals surface area (Å²) < 4.78 is 7.81. The summed E-state index contributed by atoms with van der Waals surface area (Å²) in [5.74, 6) is 0. The van der Waals surface area contributed by atoms with Gasteiger partial charge < -0.3 is 11.0 Å². The third kappa shape index (κ3) is 50.5. The molecule has 6 heavy (non-hydrogen) atoms. The number of rotatable bonds is 0. The predicted octanol–water partition coefficient (Wildman–Crippen LogP) is -1.78. The van der Waals surface area contributed by atoms with Gasteiger partial charge in [-0.1, -0.05) is 0 Å². The Kier molecular flexibility index (Phi) is 762. The SMILES string of the molecule is O.O.[Fe].[O]=[Cu].[Ti]. The molecular formula is H4CuFeO3Ti. The molecule has 3 nitrogen and oxygen atoms in total. The third-order valence-corrected chi connectivity index (χ3v) is 0. The van der Waals surface area contributed by atoms with Crippen molar-refractivity contribution in [3.05, 3.63) is 0 Å². The van der Waals surface area contributed by atoms with Gasteiger partial charge in [0.05, 0.1) is 0 Å². The molecule has 0 fully saturated rings. The topological polar surface area (TPSA) is 80.1 Å². The number of hydrogen-bond acceptors (Lipinski definition) is 1. The van der Waals surface area contributed by atoms with Gasteiger partial charge in [-0.2, -0.15) is 0 Å². The van der Waals surface area contributed by atoms with Crippen molar-refractivity contribution in [3.8, 4) is 0 Å². The Labute approximate surface area is 69.2 Å². The summed E-state index contributed by atoms with van der Waals surface area (Å²) in [6.07, 6.45) is 0. The van der Waals surface area contributed by atoms with Gasteiger partial charge in [0, 0.05) is 38.8 Å². The van der Waals surface area contributed by atoms with Crippen LogP contribution in [0.25, 0.3) is 0 Å². The van der Waals surface area contributed by atoms with Crippen LogP contribution in [-0.4, -0.2) is 11.0 Å². The van der Waals surface area contributed by atoms with Crippen LogP contribution in [0.5, 0.6) is 0 Å². The minimum absolute atomic E-state index is 0. The van der Waals surface area contributed by atoms with E-state index in [4.69, 9.17) is 3.83 Å². The first-order valence-corrected chi connectivity index (χ1v) is 0.508. The van der Waals surface area contributed by atoms with E-state index >= 15 is 0 Å². The molecule has 0 aromatic heterocycles. The fourth-order valence-electron chi connectivity index (χ4n) is 0. The molecule has 0 saturated carbocycles. The zero-order chi connectivity index (χ0) is 2.00. The first kappa shape index (κ1) is 51.2. The second-order valence-corrected chi connectivity index (χ2v) is 0. The van der Waals surface area contributed by atoms with Crippen LogP contribution in [0.4, 0.5) is 0 Å². The minimum Gasteiger partial charge on any atom is 0 e. The van der Waals surface area contributed by atoms with Crippen molar-refractivity contribution in [2.75, 3.05) is 0 Å². The van der Waals surface area contributed by atoms with Crippen LogP contribution >= 0.6 is 0 Å². The van der Waals surface area contributed by atoms with E-state index in [0.717, 1.165) is 0 Å². The molecule has 0 spiro atoms. The summed E-state index contributed by atoms with van der Waals surface area (Å²) in [6, 6.07) is 0. The smallest absolute Gasteiger partial charge is 0 e. The van der Waals surface area contributed by atoms with Gasteiger partial charge in [-0.25, -0.2) is 0 Å². The zero-order valence-electron chi connectivity index (χ0n) is 2.56. The Hall–Kier alpha value is 1.47. The maximum Gasteiger partial charge on any atom is 0 e. The second kappa shape index (κ2) is 89.3. The molecule has 0 atom stereocenters. The Morgan fingerprint density at radius 1 is 1.00 bits per heavy atom. The summed E-state index contributed by atoms with van der Waals surface area (Å²) in [6.45, 7) is 0. The molecule has 0 rings (SSSR count). The van der Waals surface area contributed by atoms with E-state index in [-0.39, 0.29) is 49.7 Å². The molecule has 0 aromatic carbocycles. The van der Waals surface area contributed by atoms with E-state index in [2.05, 4.69) is 15.9 Å². The van der Waals surface area contributed by atoms with Crippen molar-refractivity contribution in [2.45, 2.75) is 0 Å². The molecule has 0 unspecified atom stereocenters. The maximum absolute atomic E-state index is 7.81. The van der Waals surface area contributed by atoms with Crippen molar-refractivity contribution in [2.24, 2.45) is 0 Å². The van der Waals surface area contributed by atoms with E-state index in [1.807, 2.05) is 0 Å². The molecule has 4 N–H and O–H groups in total. The van der Waals surface area contributed by atoms with Crippen molar-refractivity contribution in [1.82, 2.24) is 0 Å². The van der Waals surface area contributed by atoms with Crippen LogP contribution in [0.3, 0.4) is 0 Å². The first-order valence-electron chi connectivity index (χ1n) is 0.123. The molecule has 0 aliphatic heterocycles. The van der Waals surface area contributed by atoms with Crippen LogP contribution < -0.4 is 0 Å². The Morgan fingerprint density at radius 2 is 1.00 bits per heavy atom. The third-order valence-electron chi connectivity index (χ3n) is 0. The molecule has 6 heteroatoms. The van der Waals surface area contributed by atoms with Crippen LogP contribution in [0, 0.1) is 0 Å². The summed E-state index contributed by atoms with van der Waals surface area (Å²) >= 11 is 2.94. The number of hydrogen-bond donors (Lipinski definition) is 0. The van der Waals surface area contributed by atoms with E-state index in [9.17, 15) is 0 Å². The van der Waals surface area contributed by atoms with Gasteiger partial charge >= 0.3 is 19.8 Å². The fourth-order valence-corrected chi connectivity index (χ4v) is 0. The average Bonchev–Trinajstić information content (AvgIpc) is 1.00. The molecule has 0 aliphatic carbocycles. The van der Waals surface area contributed by atoms with Gasteiger partial charge in [0.15, 0.2) is 0 Å². The van der Waals surface area contributed by atoms with Gasteiger partial charge in [0.2, 0.25) is 0 Å². The van der Waals surface area contributed by atoms with E-state index in [1.165, 1.54) is 0 Å². The molecule has 45 valence electrons. The van der Waals surface area contributed by atoms with Gasteiger partial charge in [-0.05, 0) is 0 Å². The summed E-state index contributed by atoms with van der Waals surface area (Å²) in [5, 5.41) is 0. The Bertz CT molecular complexity index is 10.8. The molecule has 0 saturated heterocycles. The zero-order valence-corrected chi connectivity index (χ0v) is 6.17. The Balaban J connectivity index is -0.000000000833. The van der Waals surface area contributed by atoms with Gasteiger partial charge in [-0.3, -0.25) is 0 Å². The van der Waals surface area contributed by atoms with Crippen molar-refractivity contribution < 1.29 is 69.5 Å². The Morgan fingerprint density at radius 3 is 1.00 bits per heavy atom. The van der Waals surface area contributed by atoms with Crippen molar-refractivity contribution in [1.29, 1.82) is 0 Å². The van der Waals surface area contributed by atoms with Crippen LogP contribution in [0.2, 0.25) is 0 Å². The first-order chi connectivity index (χ1) is 1.00. The summed E-state index contributed by atoms with van der Waals surface area (Å²) in [7, 11) is 0. The normalized spacial score (nSPS) is 1.00. The molecule has 0 heterocycles. The van der Waals surface area contributed by atoms with Gasteiger partial charge in [0.25, 0.3) is 0 Å². The van der Waals surface area contributed by atoms with Crippen molar-refractivity contribution >= 4 is 0 Å². The van der Waals surface area contributed by atoms with E-state index in [1.54, 1.807) is 0 Å². The fraction of sp³-hybridized carbons (Fsp3) is 0. The standard InChI is InChI=1S/Cu.Fe.2H2O.O.Ti/h;;2*1H2;;. The summed E-state index contributed by atoms with van der Waals surface area (Å²) in [5.41, 5.74) is 0. The van der Waals surface area contributed by atoms with Crippen molar-refractivity contribution in [3.63, 3.8) is 0 Å². The van der Waals surface area contributed by atoms with Crippen LogP contribution in [0.1, 0.15) is 0 Å². The summed E-state index contributed by atoms with van der Waals surface area (Å²) in [4.78, 5) is 0. The van der Waals surface area contributed by atoms with E-state index in [0.29, 0.717) is 0 Å². The quantitative estimate of drug-likeness (QED) is 0.444. The molecule has 0 radical (unpaired) electrons. The minimum atomic E-state index is 0. The monoisotopic (exact) mass is 219 g/mol. The molecule has 0 bridgehead atoms. The van der Waals surface area contributed by atoms with Crippen LogP contribution in [0.15, 0.2) is 0 Å². The van der Waals surface area contributed by atoms with Gasteiger partial charge in [0.1, 0.15) is 0 Å². The molecule has 0 aliphatic rings. The molecule has 0 aromatic rings. The largest absolute Gasteiger partial charge is 0 e. The predicted molar refractivity (Wildman–Crippen MR) is 7.91 cm³/mol.